The molecule has 212 valence electrons. The summed E-state index contributed by atoms with van der Waals surface area (Å²) in [6.45, 7) is 22.2. The van der Waals surface area contributed by atoms with Gasteiger partial charge >= 0.3 is 0 Å². The number of rotatable bonds is 8. The summed E-state index contributed by atoms with van der Waals surface area (Å²) in [6.07, 6.45) is 8.65. The number of hydrogen-bond acceptors (Lipinski definition) is 6. The Morgan fingerprint density at radius 2 is 1.85 bits per heavy atom. The van der Waals surface area contributed by atoms with Crippen LogP contribution in [-0.4, -0.2) is 39.0 Å². The number of nitrogens with one attached hydrogen (secondary N) is 1. The van der Waals surface area contributed by atoms with Crippen molar-refractivity contribution in [2.45, 2.75) is 84.4 Å². The number of allylic oxidation sites excluding steroid dienone is 7. The number of anilines is 1. The maximum atomic E-state index is 14.1. The molecule has 1 unspecified atom stereocenters. The third-order valence-corrected chi connectivity index (χ3v) is 7.50. The van der Waals surface area contributed by atoms with E-state index in [1.807, 2.05) is 61.2 Å². The molecule has 0 spiro atoms. The smallest absolute Gasteiger partial charge is 0.254 e. The molecule has 1 aliphatic rings. The van der Waals surface area contributed by atoms with Crippen LogP contribution in [0.25, 0.3) is 5.57 Å². The highest BCUT2D eigenvalue weighted by molar-refractivity contribution is 8.00. The molecule has 1 aliphatic heterocycles. The Labute approximate surface area is 244 Å². The summed E-state index contributed by atoms with van der Waals surface area (Å²) in [5.41, 5.74) is 5.51. The molecule has 7 heteroatoms. The van der Waals surface area contributed by atoms with Gasteiger partial charge in [-0.15, -0.1) is 0 Å². The minimum Gasteiger partial charge on any atom is -0.467 e. The second kappa shape index (κ2) is 14.2. The van der Waals surface area contributed by atoms with Crippen molar-refractivity contribution in [2.75, 3.05) is 4.72 Å². The lowest BCUT2D eigenvalue weighted by Gasteiger charge is -2.40. The number of carbonyl (C=O) groups is 1. The molecule has 2 heterocycles. The molecule has 0 fully saturated rings. The molecule has 40 heavy (non-hydrogen) atoms. The Kier molecular flexibility index (Phi) is 11.0. The van der Waals surface area contributed by atoms with E-state index < -0.39 is 6.10 Å². The van der Waals surface area contributed by atoms with Gasteiger partial charge in [-0.25, -0.2) is 4.98 Å². The van der Waals surface area contributed by atoms with E-state index in [1.54, 1.807) is 12.2 Å². The quantitative estimate of drug-likeness (QED) is 0.259. The van der Waals surface area contributed by atoms with Gasteiger partial charge in [-0.3, -0.25) is 9.52 Å². The van der Waals surface area contributed by atoms with Crippen LogP contribution in [0.15, 0.2) is 89.4 Å². The van der Waals surface area contributed by atoms with E-state index in [0.717, 1.165) is 45.7 Å². The molecule has 0 saturated carbocycles. The van der Waals surface area contributed by atoms with Gasteiger partial charge in [0.05, 0.1) is 11.7 Å². The van der Waals surface area contributed by atoms with Crippen molar-refractivity contribution in [1.29, 1.82) is 0 Å². The van der Waals surface area contributed by atoms with Gasteiger partial charge in [0.15, 0.2) is 0 Å². The maximum absolute atomic E-state index is 14.1. The Bertz CT molecular complexity index is 1340. The van der Waals surface area contributed by atoms with Crippen molar-refractivity contribution < 1.29 is 9.53 Å². The third-order valence-electron chi connectivity index (χ3n) is 6.72. The van der Waals surface area contributed by atoms with E-state index >= 15 is 0 Å². The highest BCUT2D eigenvalue weighted by atomic mass is 32.2. The van der Waals surface area contributed by atoms with Gasteiger partial charge < -0.3 is 9.64 Å². The lowest BCUT2D eigenvalue weighted by molar-refractivity contribution is 0.0375. The first-order valence-corrected chi connectivity index (χ1v) is 14.6. The van der Waals surface area contributed by atoms with E-state index in [9.17, 15) is 4.79 Å². The number of ether oxygens (including phenoxy) is 1. The molecule has 1 aromatic carbocycles. The molecule has 4 bridgehead atoms. The van der Waals surface area contributed by atoms with Gasteiger partial charge in [-0.2, -0.15) is 4.98 Å². The van der Waals surface area contributed by atoms with Gasteiger partial charge in [-0.1, -0.05) is 62.4 Å². The molecular weight excluding hydrogens is 516 g/mol. The molecule has 6 nitrogen and oxygen atoms in total. The van der Waals surface area contributed by atoms with Gasteiger partial charge in [0.1, 0.15) is 6.10 Å². The first kappa shape index (κ1) is 31.0. The summed E-state index contributed by atoms with van der Waals surface area (Å²) in [4.78, 5) is 26.6. The SMILES string of the molecule is C=C/C=C(/C)C(=C(C)C)c1cc2nc(n1)NSc1cccc(c1)C(=O)N(C(C)C)C(CCC)[C@H](/C(C)=C/C=C)O2. The van der Waals surface area contributed by atoms with Crippen LogP contribution in [0.5, 0.6) is 5.88 Å². The van der Waals surface area contributed by atoms with E-state index in [2.05, 4.69) is 52.5 Å². The van der Waals surface area contributed by atoms with Crippen LogP contribution in [0.1, 0.15) is 77.4 Å². The number of aromatic nitrogens is 2. The Hall–Kier alpha value is -3.58. The number of fused-ring (bicyclic) bond motifs is 4. The van der Waals surface area contributed by atoms with Gasteiger partial charge in [-0.05, 0) is 89.3 Å². The first-order valence-electron chi connectivity index (χ1n) is 13.8. The van der Waals surface area contributed by atoms with Crippen molar-refractivity contribution in [2.24, 2.45) is 0 Å². The van der Waals surface area contributed by atoms with E-state index in [1.165, 1.54) is 11.9 Å². The van der Waals surface area contributed by atoms with E-state index in [4.69, 9.17) is 14.7 Å². The van der Waals surface area contributed by atoms with Crippen molar-refractivity contribution in [3.05, 3.63) is 95.8 Å². The zero-order valence-corrected chi connectivity index (χ0v) is 25.6. The van der Waals surface area contributed by atoms with Crippen LogP contribution in [0, 0.1) is 0 Å². The molecular formula is C33H42N4O2S. The summed E-state index contributed by atoms with van der Waals surface area (Å²) in [5.74, 6) is 0.837. The second-order valence-corrected chi connectivity index (χ2v) is 11.3. The summed E-state index contributed by atoms with van der Waals surface area (Å²) >= 11 is 1.37. The third kappa shape index (κ3) is 7.33. The van der Waals surface area contributed by atoms with Gasteiger partial charge in [0.2, 0.25) is 11.8 Å². The van der Waals surface area contributed by atoms with Crippen molar-refractivity contribution in [3.8, 4) is 5.88 Å². The first-order chi connectivity index (χ1) is 19.1. The zero-order chi connectivity index (χ0) is 29.4. The van der Waals surface area contributed by atoms with Crippen molar-refractivity contribution >= 4 is 29.4 Å². The predicted octanol–water partition coefficient (Wildman–Crippen LogP) is 8.43. The maximum Gasteiger partial charge on any atom is 0.254 e. The molecule has 0 radical (unpaired) electrons. The molecule has 1 N–H and O–H groups in total. The fourth-order valence-electron chi connectivity index (χ4n) is 5.10. The Morgan fingerprint density at radius 1 is 1.12 bits per heavy atom. The van der Waals surface area contributed by atoms with Crippen LogP contribution in [0.2, 0.25) is 0 Å². The number of nitrogens with zero attached hydrogens (tertiary/aromatic N) is 3. The topological polar surface area (TPSA) is 67.4 Å². The van der Waals surface area contributed by atoms with Crippen molar-refractivity contribution in [1.82, 2.24) is 14.9 Å². The monoisotopic (exact) mass is 558 g/mol. The van der Waals surface area contributed by atoms with Crippen LogP contribution in [0.4, 0.5) is 5.95 Å². The number of amides is 1. The fourth-order valence-corrected chi connectivity index (χ4v) is 5.74. The largest absolute Gasteiger partial charge is 0.467 e. The molecule has 0 saturated heterocycles. The zero-order valence-electron chi connectivity index (χ0n) is 24.8. The van der Waals surface area contributed by atoms with Crippen LogP contribution in [0.3, 0.4) is 0 Å². The highest BCUT2D eigenvalue weighted by Gasteiger charge is 2.35. The standard InChI is InChI=1S/C33H42N4O2S/c1-10-14-23(8)30(21(4)5)27-20-29-35-33(34-27)36-40-26-18-13-17-25(19-26)32(38)37(22(6)7)28(16-12-3)31(39-29)24(9)15-11-2/h10-11,13-15,17-20,22,28,31H,1-2,12,16H2,3-9H3,(H,34,35,36)/b23-14-,24-15+/t28?,31-/m0/s1. The molecule has 1 amide bonds. The van der Waals surface area contributed by atoms with Gasteiger partial charge in [0.25, 0.3) is 5.91 Å². The Morgan fingerprint density at radius 3 is 2.48 bits per heavy atom. The number of hydrogen-bond donors (Lipinski definition) is 1. The summed E-state index contributed by atoms with van der Waals surface area (Å²) in [5, 5.41) is 0. The molecule has 2 aromatic rings. The van der Waals surface area contributed by atoms with Crippen LogP contribution >= 0.6 is 11.9 Å². The molecule has 2 atom stereocenters. The predicted molar refractivity (Wildman–Crippen MR) is 169 cm³/mol. The molecule has 3 rings (SSSR count). The normalized spacial score (nSPS) is 18.1. The van der Waals surface area contributed by atoms with Crippen LogP contribution < -0.4 is 9.46 Å². The summed E-state index contributed by atoms with van der Waals surface area (Å²) in [6, 6.07) is 9.28. The summed E-state index contributed by atoms with van der Waals surface area (Å²) < 4.78 is 10.1. The highest BCUT2D eigenvalue weighted by Crippen LogP contribution is 2.33. The average molecular weight is 559 g/mol. The van der Waals surface area contributed by atoms with Crippen LogP contribution in [-0.2, 0) is 0 Å². The summed E-state index contributed by atoms with van der Waals surface area (Å²) in [7, 11) is 0. The lowest BCUT2D eigenvalue weighted by atomic mass is 9.95. The second-order valence-electron chi connectivity index (χ2n) is 10.5. The fraction of sp³-hybridized carbons (Fsp3) is 0.364. The number of carbonyl (C=O) groups excluding carboxylic acids is 1. The van der Waals surface area contributed by atoms with E-state index in [-0.39, 0.29) is 18.0 Å². The Balaban J connectivity index is 2.33. The van der Waals surface area contributed by atoms with Crippen molar-refractivity contribution in [3.63, 3.8) is 0 Å². The van der Waals surface area contributed by atoms with Gasteiger partial charge in [0, 0.05) is 28.1 Å². The minimum atomic E-state index is -0.448. The number of benzene rings is 1. The average Bonchev–Trinajstić information content (AvgIpc) is 2.90. The molecule has 1 aromatic heterocycles. The van der Waals surface area contributed by atoms with E-state index in [0.29, 0.717) is 17.4 Å². The minimum absolute atomic E-state index is 0.0225. The lowest BCUT2D eigenvalue weighted by Crippen LogP contribution is -2.52. The molecule has 0 aliphatic carbocycles.